The fourth-order valence-corrected chi connectivity index (χ4v) is 3.55. The molecule has 2 rings (SSSR count). The van der Waals surface area contributed by atoms with Crippen LogP contribution in [0.1, 0.15) is 11.1 Å². The molecule has 2 aromatic carbocycles. The van der Waals surface area contributed by atoms with Crippen molar-refractivity contribution in [1.29, 1.82) is 5.26 Å². The van der Waals surface area contributed by atoms with Gasteiger partial charge in [-0.15, -0.1) is 0 Å². The summed E-state index contributed by atoms with van der Waals surface area (Å²) < 4.78 is 25.4. The molecule has 2 aromatic rings. The first-order chi connectivity index (χ1) is 12.2. The molecule has 0 saturated heterocycles. The van der Waals surface area contributed by atoms with Gasteiger partial charge in [-0.2, -0.15) is 5.26 Å². The maximum Gasteiger partial charge on any atom is 0.245 e. The fraction of sp³-hybridized carbons (Fsp3) is 0.222. The summed E-state index contributed by atoms with van der Waals surface area (Å²) in [6.45, 7) is 1.37. The highest BCUT2D eigenvalue weighted by Gasteiger charge is 2.22. The van der Waals surface area contributed by atoms with E-state index in [2.05, 4.69) is 5.32 Å². The van der Waals surface area contributed by atoms with Crippen molar-refractivity contribution in [3.8, 4) is 6.07 Å². The van der Waals surface area contributed by atoms with E-state index in [1.54, 1.807) is 49.4 Å². The Bertz CT molecular complexity index is 951. The maximum atomic E-state index is 12.3. The van der Waals surface area contributed by atoms with Crippen LogP contribution in [0.15, 0.2) is 42.5 Å². The number of nitrogens with one attached hydrogen (secondary N) is 1. The fourth-order valence-electron chi connectivity index (χ4n) is 2.41. The van der Waals surface area contributed by atoms with Crippen LogP contribution in [0.5, 0.6) is 0 Å². The van der Waals surface area contributed by atoms with Crippen LogP contribution in [0.4, 0.5) is 11.4 Å². The highest BCUT2D eigenvalue weighted by molar-refractivity contribution is 7.92. The molecule has 0 atom stereocenters. The normalized spacial score (nSPS) is 10.8. The van der Waals surface area contributed by atoms with Gasteiger partial charge in [-0.05, 0) is 48.4 Å². The SMILES string of the molecule is Cc1cc(Cl)ccc1N(CC(=O)Nc1ccc(CC#N)cc1)S(C)(=O)=O. The number of benzene rings is 2. The molecule has 1 amide bonds. The van der Waals surface area contributed by atoms with Gasteiger partial charge in [-0.3, -0.25) is 9.10 Å². The predicted octanol–water partition coefficient (Wildman–Crippen LogP) is 3.12. The number of rotatable bonds is 6. The zero-order valence-corrected chi connectivity index (χ0v) is 15.9. The minimum atomic E-state index is -3.66. The van der Waals surface area contributed by atoms with Gasteiger partial charge in [0, 0.05) is 10.7 Å². The Morgan fingerprint density at radius 1 is 1.23 bits per heavy atom. The monoisotopic (exact) mass is 391 g/mol. The third kappa shape index (κ3) is 5.22. The van der Waals surface area contributed by atoms with E-state index in [1.807, 2.05) is 6.07 Å². The summed E-state index contributed by atoms with van der Waals surface area (Å²) >= 11 is 5.92. The van der Waals surface area contributed by atoms with Crippen LogP contribution in [0.3, 0.4) is 0 Å². The molecule has 0 aromatic heterocycles. The average molecular weight is 392 g/mol. The lowest BCUT2D eigenvalue weighted by Crippen LogP contribution is -2.37. The molecule has 0 aliphatic heterocycles. The van der Waals surface area contributed by atoms with Crippen LogP contribution in [0.25, 0.3) is 0 Å². The van der Waals surface area contributed by atoms with E-state index >= 15 is 0 Å². The van der Waals surface area contributed by atoms with Crippen LogP contribution < -0.4 is 9.62 Å². The summed E-state index contributed by atoms with van der Waals surface area (Å²) in [7, 11) is -3.66. The van der Waals surface area contributed by atoms with Crippen molar-refractivity contribution in [3.63, 3.8) is 0 Å². The quantitative estimate of drug-likeness (QED) is 0.819. The third-order valence-electron chi connectivity index (χ3n) is 3.64. The number of nitriles is 1. The number of aryl methyl sites for hydroxylation is 1. The first-order valence-corrected chi connectivity index (χ1v) is 9.93. The Hall–Kier alpha value is -2.56. The Morgan fingerprint density at radius 3 is 2.42 bits per heavy atom. The van der Waals surface area contributed by atoms with Crippen molar-refractivity contribution in [2.45, 2.75) is 13.3 Å². The minimum Gasteiger partial charge on any atom is -0.325 e. The molecule has 0 fully saturated rings. The molecule has 136 valence electrons. The first-order valence-electron chi connectivity index (χ1n) is 7.70. The van der Waals surface area contributed by atoms with Crippen molar-refractivity contribution >= 4 is 38.9 Å². The molecule has 8 heteroatoms. The maximum absolute atomic E-state index is 12.3. The van der Waals surface area contributed by atoms with E-state index < -0.39 is 15.9 Å². The molecule has 0 saturated carbocycles. The smallest absolute Gasteiger partial charge is 0.245 e. The summed E-state index contributed by atoms with van der Waals surface area (Å²) in [6, 6.07) is 13.6. The summed E-state index contributed by atoms with van der Waals surface area (Å²) in [5.41, 5.74) is 2.41. The van der Waals surface area contributed by atoms with Crippen molar-refractivity contribution in [1.82, 2.24) is 0 Å². The first kappa shape index (κ1) is 19.8. The number of hydrogen-bond donors (Lipinski definition) is 1. The number of hydrogen-bond acceptors (Lipinski definition) is 4. The van der Waals surface area contributed by atoms with E-state index in [4.69, 9.17) is 16.9 Å². The van der Waals surface area contributed by atoms with E-state index in [9.17, 15) is 13.2 Å². The van der Waals surface area contributed by atoms with Gasteiger partial charge < -0.3 is 5.32 Å². The van der Waals surface area contributed by atoms with Gasteiger partial charge in [0.2, 0.25) is 15.9 Å². The number of carbonyl (C=O) groups is 1. The van der Waals surface area contributed by atoms with E-state index in [0.29, 0.717) is 22.0 Å². The van der Waals surface area contributed by atoms with Crippen molar-refractivity contribution in [2.75, 3.05) is 22.4 Å². The summed E-state index contributed by atoms with van der Waals surface area (Å²) in [5.74, 6) is -0.474. The molecule has 0 bridgehead atoms. The number of carbonyl (C=O) groups excluding carboxylic acids is 1. The van der Waals surface area contributed by atoms with Crippen LogP contribution in [0, 0.1) is 18.3 Å². The Balaban J connectivity index is 2.18. The number of halogens is 1. The zero-order chi connectivity index (χ0) is 19.3. The number of anilines is 2. The second-order valence-corrected chi connectivity index (χ2v) is 8.12. The van der Waals surface area contributed by atoms with Crippen molar-refractivity contribution in [2.24, 2.45) is 0 Å². The van der Waals surface area contributed by atoms with E-state index in [-0.39, 0.29) is 13.0 Å². The van der Waals surface area contributed by atoms with Crippen LogP contribution >= 0.6 is 11.6 Å². The minimum absolute atomic E-state index is 0.284. The van der Waals surface area contributed by atoms with Gasteiger partial charge in [0.05, 0.1) is 24.4 Å². The molecule has 0 radical (unpaired) electrons. The second-order valence-electron chi connectivity index (χ2n) is 5.78. The van der Waals surface area contributed by atoms with Gasteiger partial charge >= 0.3 is 0 Å². The molecule has 26 heavy (non-hydrogen) atoms. The Morgan fingerprint density at radius 2 is 1.88 bits per heavy atom. The molecular formula is C18H18ClN3O3S. The lowest BCUT2D eigenvalue weighted by Gasteiger charge is -2.23. The van der Waals surface area contributed by atoms with Crippen LogP contribution in [-0.2, 0) is 21.2 Å². The van der Waals surface area contributed by atoms with Gasteiger partial charge in [-0.1, -0.05) is 23.7 Å². The van der Waals surface area contributed by atoms with Crippen LogP contribution in [-0.4, -0.2) is 27.1 Å². The van der Waals surface area contributed by atoms with Gasteiger partial charge in [0.15, 0.2) is 0 Å². The largest absolute Gasteiger partial charge is 0.325 e. The van der Waals surface area contributed by atoms with Crippen molar-refractivity contribution < 1.29 is 13.2 Å². The molecule has 1 N–H and O–H groups in total. The average Bonchev–Trinajstić information content (AvgIpc) is 2.54. The Kier molecular flexibility index (Phi) is 6.24. The molecule has 0 aliphatic carbocycles. The topological polar surface area (TPSA) is 90.3 Å². The number of amides is 1. The zero-order valence-electron chi connectivity index (χ0n) is 14.4. The summed E-state index contributed by atoms with van der Waals surface area (Å²) in [6.07, 6.45) is 1.33. The third-order valence-corrected chi connectivity index (χ3v) is 5.00. The highest BCUT2D eigenvalue weighted by Crippen LogP contribution is 2.25. The number of sulfonamides is 1. The highest BCUT2D eigenvalue weighted by atomic mass is 35.5. The predicted molar refractivity (Wildman–Crippen MR) is 103 cm³/mol. The molecule has 0 spiro atoms. The summed E-state index contributed by atoms with van der Waals surface area (Å²) in [4.78, 5) is 12.3. The molecule has 6 nitrogen and oxygen atoms in total. The summed E-state index contributed by atoms with van der Waals surface area (Å²) in [5, 5.41) is 11.8. The van der Waals surface area contributed by atoms with Crippen LogP contribution in [0.2, 0.25) is 5.02 Å². The van der Waals surface area contributed by atoms with E-state index in [1.165, 1.54) is 0 Å². The van der Waals surface area contributed by atoms with Crippen molar-refractivity contribution in [3.05, 3.63) is 58.6 Å². The molecule has 0 aliphatic rings. The van der Waals surface area contributed by atoms with Gasteiger partial charge in [0.1, 0.15) is 6.54 Å². The van der Waals surface area contributed by atoms with Gasteiger partial charge in [-0.25, -0.2) is 8.42 Å². The number of nitrogens with zero attached hydrogens (tertiary/aromatic N) is 2. The standard InChI is InChI=1S/C18H18ClN3O3S/c1-13-11-15(19)5-8-17(13)22(26(2,24)25)12-18(23)21-16-6-3-14(4-7-16)9-10-20/h3-8,11H,9,12H2,1-2H3,(H,21,23). The molecule has 0 heterocycles. The molecular weight excluding hydrogens is 374 g/mol. The molecule has 0 unspecified atom stereocenters. The van der Waals surface area contributed by atoms with Gasteiger partial charge in [0.25, 0.3) is 0 Å². The second kappa shape index (κ2) is 8.21. The Labute approximate surface area is 158 Å². The lowest BCUT2D eigenvalue weighted by molar-refractivity contribution is -0.114. The van der Waals surface area contributed by atoms with E-state index in [0.717, 1.165) is 16.1 Å². The lowest BCUT2D eigenvalue weighted by atomic mass is 10.1.